The Hall–Kier alpha value is -0.890. The lowest BCUT2D eigenvalue weighted by Crippen LogP contribution is -2.50. The fraction of sp³-hybridized carbons (Fsp3) is 0.643. The average Bonchev–Trinajstić information content (AvgIpc) is 2.92. The largest absolute Gasteiger partial charge is 0.300 e. The van der Waals surface area contributed by atoms with Crippen molar-refractivity contribution in [1.29, 1.82) is 5.26 Å². The predicted molar refractivity (Wildman–Crippen MR) is 75.7 cm³/mol. The molecule has 0 saturated carbocycles. The third kappa shape index (κ3) is 3.55. The Labute approximate surface area is 114 Å². The summed E-state index contributed by atoms with van der Waals surface area (Å²) in [6, 6.07) is 6.85. The van der Waals surface area contributed by atoms with Crippen LogP contribution in [0.15, 0.2) is 17.5 Å². The Balaban J connectivity index is 1.72. The molecular formula is C14H21N3S. The zero-order chi connectivity index (χ0) is 12.8. The zero-order valence-corrected chi connectivity index (χ0v) is 11.8. The van der Waals surface area contributed by atoms with Gasteiger partial charge in [-0.05, 0) is 24.3 Å². The molecule has 1 aromatic heterocycles. The van der Waals surface area contributed by atoms with Crippen molar-refractivity contribution in [1.82, 2.24) is 9.80 Å². The van der Waals surface area contributed by atoms with Crippen LogP contribution in [0.4, 0.5) is 0 Å². The van der Waals surface area contributed by atoms with Crippen molar-refractivity contribution in [2.75, 3.05) is 32.7 Å². The lowest BCUT2D eigenvalue weighted by atomic mass is 10.2. The van der Waals surface area contributed by atoms with Gasteiger partial charge in [0.25, 0.3) is 0 Å². The van der Waals surface area contributed by atoms with Gasteiger partial charge in [-0.3, -0.25) is 4.90 Å². The Morgan fingerprint density at radius 3 is 2.72 bits per heavy atom. The number of rotatable bonds is 5. The van der Waals surface area contributed by atoms with Gasteiger partial charge in [0.05, 0.1) is 12.1 Å². The van der Waals surface area contributed by atoms with Crippen molar-refractivity contribution in [3.05, 3.63) is 22.4 Å². The van der Waals surface area contributed by atoms with Crippen LogP contribution in [0.1, 0.15) is 18.2 Å². The van der Waals surface area contributed by atoms with Gasteiger partial charge in [-0.1, -0.05) is 13.0 Å². The van der Waals surface area contributed by atoms with Gasteiger partial charge in [-0.2, -0.15) is 5.26 Å². The van der Waals surface area contributed by atoms with E-state index in [9.17, 15) is 0 Å². The third-order valence-electron chi connectivity index (χ3n) is 3.64. The molecule has 1 fully saturated rings. The van der Waals surface area contributed by atoms with E-state index in [1.807, 2.05) is 11.3 Å². The second-order valence-corrected chi connectivity index (χ2v) is 5.79. The van der Waals surface area contributed by atoms with Gasteiger partial charge in [0.2, 0.25) is 0 Å². The fourth-order valence-corrected chi connectivity index (χ4v) is 3.15. The highest BCUT2D eigenvalue weighted by molar-refractivity contribution is 7.09. The average molecular weight is 263 g/mol. The predicted octanol–water partition coefficient (Wildman–Crippen LogP) is 2.21. The van der Waals surface area contributed by atoms with E-state index in [1.54, 1.807) is 0 Å². The molecule has 18 heavy (non-hydrogen) atoms. The molecule has 0 aliphatic carbocycles. The first-order valence-corrected chi connectivity index (χ1v) is 7.60. The molecule has 2 rings (SSSR count). The van der Waals surface area contributed by atoms with Crippen molar-refractivity contribution in [2.24, 2.45) is 0 Å². The molecule has 1 aliphatic rings. The van der Waals surface area contributed by atoms with E-state index in [0.29, 0.717) is 0 Å². The third-order valence-corrected chi connectivity index (χ3v) is 4.57. The van der Waals surface area contributed by atoms with Crippen LogP contribution in [0.5, 0.6) is 0 Å². The molecule has 0 bridgehead atoms. The maximum absolute atomic E-state index is 9.07. The fourth-order valence-electron chi connectivity index (χ4n) is 2.45. The summed E-state index contributed by atoms with van der Waals surface area (Å²) in [5, 5.41) is 11.2. The number of hydrogen-bond donors (Lipinski definition) is 0. The van der Waals surface area contributed by atoms with Crippen LogP contribution in [0, 0.1) is 11.3 Å². The maximum atomic E-state index is 9.07. The van der Waals surface area contributed by atoms with E-state index in [-0.39, 0.29) is 6.04 Å². The van der Waals surface area contributed by atoms with Crippen LogP contribution in [0.3, 0.4) is 0 Å². The monoisotopic (exact) mass is 263 g/mol. The zero-order valence-electron chi connectivity index (χ0n) is 11.0. The normalized spacial score (nSPS) is 19.6. The first-order valence-electron chi connectivity index (χ1n) is 6.72. The summed E-state index contributed by atoms with van der Waals surface area (Å²) in [5.41, 5.74) is 0. The summed E-state index contributed by atoms with van der Waals surface area (Å²) in [6.45, 7) is 7.52. The van der Waals surface area contributed by atoms with Crippen molar-refractivity contribution in [2.45, 2.75) is 25.8 Å². The Kier molecular flexibility index (Phi) is 5.18. The van der Waals surface area contributed by atoms with E-state index >= 15 is 0 Å². The minimum atomic E-state index is 0.115. The first-order chi connectivity index (χ1) is 8.83. The molecular weight excluding hydrogens is 242 g/mol. The first kappa shape index (κ1) is 13.5. The molecule has 3 nitrogen and oxygen atoms in total. The summed E-state index contributed by atoms with van der Waals surface area (Å²) in [4.78, 5) is 6.31. The summed E-state index contributed by atoms with van der Waals surface area (Å²) >= 11 is 1.84. The van der Waals surface area contributed by atoms with Crippen molar-refractivity contribution in [3.8, 4) is 6.07 Å². The van der Waals surface area contributed by atoms with Gasteiger partial charge >= 0.3 is 0 Å². The molecule has 1 aromatic rings. The van der Waals surface area contributed by atoms with Crippen LogP contribution in [0.2, 0.25) is 0 Å². The molecule has 1 aliphatic heterocycles. The van der Waals surface area contributed by atoms with Crippen molar-refractivity contribution in [3.63, 3.8) is 0 Å². The maximum Gasteiger partial charge on any atom is 0.0976 e. The van der Waals surface area contributed by atoms with Gasteiger partial charge in [-0.15, -0.1) is 11.3 Å². The van der Waals surface area contributed by atoms with E-state index in [1.165, 1.54) is 4.88 Å². The second kappa shape index (κ2) is 6.89. The number of nitriles is 1. The van der Waals surface area contributed by atoms with Gasteiger partial charge < -0.3 is 4.90 Å². The number of hydrogen-bond acceptors (Lipinski definition) is 4. The number of nitrogens with zero attached hydrogens (tertiary/aromatic N) is 3. The van der Waals surface area contributed by atoms with Gasteiger partial charge in [-0.25, -0.2) is 0 Å². The molecule has 0 spiro atoms. The smallest absolute Gasteiger partial charge is 0.0976 e. The van der Waals surface area contributed by atoms with Crippen LogP contribution >= 0.6 is 11.3 Å². The molecule has 4 heteroatoms. The minimum Gasteiger partial charge on any atom is -0.300 e. The van der Waals surface area contributed by atoms with Gasteiger partial charge in [0.1, 0.15) is 0 Å². The standard InChI is InChI=1S/C14H21N3S/c1-2-13(12-15)17-9-7-16(8-10-17)6-5-14-4-3-11-18-14/h3-4,11,13H,2,5-10H2,1H3. The van der Waals surface area contributed by atoms with Crippen LogP contribution in [-0.4, -0.2) is 48.6 Å². The lowest BCUT2D eigenvalue weighted by Gasteiger charge is -2.36. The number of thiophene rings is 1. The van der Waals surface area contributed by atoms with E-state index in [0.717, 1.165) is 45.6 Å². The summed E-state index contributed by atoms with van der Waals surface area (Å²) in [6.07, 6.45) is 2.10. The molecule has 98 valence electrons. The molecule has 1 saturated heterocycles. The number of piperazine rings is 1. The van der Waals surface area contributed by atoms with E-state index in [4.69, 9.17) is 5.26 Å². The molecule has 1 unspecified atom stereocenters. The Bertz CT molecular complexity index is 374. The van der Waals surface area contributed by atoms with Crippen LogP contribution in [0.25, 0.3) is 0 Å². The lowest BCUT2D eigenvalue weighted by molar-refractivity contribution is 0.114. The summed E-state index contributed by atoms with van der Waals surface area (Å²) in [7, 11) is 0. The van der Waals surface area contributed by atoms with Crippen molar-refractivity contribution < 1.29 is 0 Å². The highest BCUT2D eigenvalue weighted by Crippen LogP contribution is 2.12. The molecule has 0 N–H and O–H groups in total. The molecule has 0 aromatic carbocycles. The highest BCUT2D eigenvalue weighted by atomic mass is 32.1. The van der Waals surface area contributed by atoms with E-state index < -0.39 is 0 Å². The van der Waals surface area contributed by atoms with E-state index in [2.05, 4.69) is 40.3 Å². The highest BCUT2D eigenvalue weighted by Gasteiger charge is 2.22. The minimum absolute atomic E-state index is 0.115. The SMILES string of the molecule is CCC(C#N)N1CCN(CCc2cccs2)CC1. The molecule has 1 atom stereocenters. The Morgan fingerprint density at radius 1 is 1.39 bits per heavy atom. The summed E-state index contributed by atoms with van der Waals surface area (Å²) in [5.74, 6) is 0. The van der Waals surface area contributed by atoms with Crippen LogP contribution in [-0.2, 0) is 6.42 Å². The molecule has 2 heterocycles. The Morgan fingerprint density at radius 2 is 2.17 bits per heavy atom. The van der Waals surface area contributed by atoms with Crippen molar-refractivity contribution >= 4 is 11.3 Å². The second-order valence-electron chi connectivity index (χ2n) is 4.76. The quantitative estimate of drug-likeness (QED) is 0.816. The molecule has 0 amide bonds. The van der Waals surface area contributed by atoms with Gasteiger partial charge in [0.15, 0.2) is 0 Å². The van der Waals surface area contributed by atoms with Gasteiger partial charge in [0, 0.05) is 37.6 Å². The van der Waals surface area contributed by atoms with Crippen LogP contribution < -0.4 is 0 Å². The topological polar surface area (TPSA) is 30.3 Å². The molecule has 0 radical (unpaired) electrons. The summed E-state index contributed by atoms with van der Waals surface area (Å²) < 4.78 is 0.